The summed E-state index contributed by atoms with van der Waals surface area (Å²) in [6, 6.07) is 9.37. The Bertz CT molecular complexity index is 588. The molecule has 0 aliphatic rings. The van der Waals surface area contributed by atoms with Gasteiger partial charge in [0.1, 0.15) is 0 Å². The predicted molar refractivity (Wildman–Crippen MR) is 82.9 cm³/mol. The van der Waals surface area contributed by atoms with Crippen LogP contribution < -0.4 is 0 Å². The fourth-order valence-corrected chi connectivity index (χ4v) is 3.12. The zero-order valence-electron chi connectivity index (χ0n) is 10.8. The fourth-order valence-electron chi connectivity index (χ4n) is 2.23. The Hall–Kier alpha value is -0.940. The summed E-state index contributed by atoms with van der Waals surface area (Å²) in [6.07, 6.45) is 3.65. The van der Waals surface area contributed by atoms with E-state index in [1.807, 2.05) is 24.3 Å². The van der Waals surface area contributed by atoms with Crippen molar-refractivity contribution in [3.63, 3.8) is 0 Å². The van der Waals surface area contributed by atoms with Crippen LogP contribution in [0.1, 0.15) is 11.1 Å². The molecule has 2 N–H and O–H groups in total. The quantitative estimate of drug-likeness (QED) is 0.866. The normalized spacial score (nSPS) is 11.6. The van der Waals surface area contributed by atoms with Gasteiger partial charge in [-0.2, -0.15) is 0 Å². The number of hydrogen-bond donors (Lipinski definition) is 2. The zero-order valence-corrected chi connectivity index (χ0v) is 13.1. The average Bonchev–Trinajstić information content (AvgIpc) is 2.48. The van der Waals surface area contributed by atoms with Gasteiger partial charge in [-0.15, -0.1) is 0 Å². The summed E-state index contributed by atoms with van der Waals surface area (Å²) >= 11 is 9.61. The molecule has 0 aliphatic heterocycles. The molecule has 0 bridgehead atoms. The standard InChI is InChI=1S/C15H15BrClNO2/c16-13-4-2-1-3-12(13)15(9-19,10-20)7-11-5-6-18-8-14(11)17/h1-6,8,19-20H,7,9-10H2. The van der Waals surface area contributed by atoms with Gasteiger partial charge in [0.15, 0.2) is 0 Å². The SMILES string of the molecule is OCC(CO)(Cc1ccncc1Cl)c1ccccc1Br. The van der Waals surface area contributed by atoms with Crippen LogP contribution in [0.5, 0.6) is 0 Å². The Morgan fingerprint density at radius 3 is 2.45 bits per heavy atom. The monoisotopic (exact) mass is 355 g/mol. The minimum absolute atomic E-state index is 0.176. The Kier molecular flexibility index (Phi) is 5.16. The van der Waals surface area contributed by atoms with E-state index in [4.69, 9.17) is 11.6 Å². The first kappa shape index (κ1) is 15.4. The van der Waals surface area contributed by atoms with Crippen LogP contribution in [-0.4, -0.2) is 28.4 Å². The van der Waals surface area contributed by atoms with E-state index in [0.717, 1.165) is 15.6 Å². The number of hydrogen-bond acceptors (Lipinski definition) is 3. The maximum absolute atomic E-state index is 9.87. The van der Waals surface area contributed by atoms with Crippen molar-refractivity contribution in [2.45, 2.75) is 11.8 Å². The molecular weight excluding hydrogens is 342 g/mol. The van der Waals surface area contributed by atoms with Crippen molar-refractivity contribution in [2.24, 2.45) is 0 Å². The molecule has 1 aromatic heterocycles. The highest BCUT2D eigenvalue weighted by atomic mass is 79.9. The van der Waals surface area contributed by atoms with Crippen LogP contribution in [0.2, 0.25) is 5.02 Å². The molecule has 5 heteroatoms. The van der Waals surface area contributed by atoms with Crippen LogP contribution in [0.25, 0.3) is 0 Å². The molecule has 0 saturated heterocycles. The third-order valence-corrected chi connectivity index (χ3v) is 4.47. The topological polar surface area (TPSA) is 53.4 Å². The van der Waals surface area contributed by atoms with Crippen molar-refractivity contribution in [3.8, 4) is 0 Å². The molecule has 106 valence electrons. The number of rotatable bonds is 5. The maximum atomic E-state index is 9.87. The molecule has 2 aromatic rings. The Morgan fingerprint density at radius 2 is 1.85 bits per heavy atom. The first-order valence-electron chi connectivity index (χ1n) is 6.18. The third-order valence-electron chi connectivity index (χ3n) is 3.44. The number of pyridine rings is 1. The average molecular weight is 357 g/mol. The summed E-state index contributed by atoms with van der Waals surface area (Å²) in [7, 11) is 0. The minimum Gasteiger partial charge on any atom is -0.395 e. The fraction of sp³-hybridized carbons (Fsp3) is 0.267. The summed E-state index contributed by atoms with van der Waals surface area (Å²) < 4.78 is 0.855. The number of halogens is 2. The van der Waals surface area contributed by atoms with Gasteiger partial charge in [0.05, 0.1) is 18.2 Å². The Balaban J connectivity index is 2.46. The van der Waals surface area contributed by atoms with Gasteiger partial charge >= 0.3 is 0 Å². The summed E-state index contributed by atoms with van der Waals surface area (Å²) in [5, 5.41) is 20.3. The highest BCUT2D eigenvalue weighted by molar-refractivity contribution is 9.10. The molecule has 0 spiro atoms. The van der Waals surface area contributed by atoms with Gasteiger partial charge in [-0.05, 0) is 29.7 Å². The zero-order chi connectivity index (χ0) is 14.6. The Labute approximate surface area is 131 Å². The van der Waals surface area contributed by atoms with Gasteiger partial charge in [-0.25, -0.2) is 0 Å². The van der Waals surface area contributed by atoms with Crippen LogP contribution >= 0.6 is 27.5 Å². The molecule has 0 saturated carbocycles. The van der Waals surface area contributed by atoms with E-state index in [1.54, 1.807) is 18.5 Å². The minimum atomic E-state index is -0.787. The lowest BCUT2D eigenvalue weighted by Crippen LogP contribution is -2.37. The smallest absolute Gasteiger partial charge is 0.0621 e. The molecule has 1 heterocycles. The summed E-state index contributed by atoms with van der Waals surface area (Å²) in [6.45, 7) is -0.352. The van der Waals surface area contributed by atoms with E-state index in [2.05, 4.69) is 20.9 Å². The first-order valence-corrected chi connectivity index (χ1v) is 7.35. The molecule has 0 radical (unpaired) electrons. The number of aliphatic hydroxyl groups excluding tert-OH is 2. The van der Waals surface area contributed by atoms with Gasteiger partial charge < -0.3 is 10.2 Å². The molecule has 0 atom stereocenters. The molecule has 0 unspecified atom stereocenters. The van der Waals surface area contributed by atoms with Gasteiger partial charge in [0.25, 0.3) is 0 Å². The second-order valence-corrected chi connectivity index (χ2v) is 5.98. The van der Waals surface area contributed by atoms with E-state index in [0.29, 0.717) is 11.4 Å². The lowest BCUT2D eigenvalue weighted by Gasteiger charge is -2.31. The maximum Gasteiger partial charge on any atom is 0.0621 e. The van der Waals surface area contributed by atoms with Crippen molar-refractivity contribution in [1.29, 1.82) is 0 Å². The molecule has 0 aliphatic carbocycles. The highest BCUT2D eigenvalue weighted by Crippen LogP contribution is 2.34. The predicted octanol–water partition coefficient (Wildman–Crippen LogP) is 2.96. The van der Waals surface area contributed by atoms with Gasteiger partial charge in [-0.3, -0.25) is 4.98 Å². The van der Waals surface area contributed by atoms with Gasteiger partial charge in [0.2, 0.25) is 0 Å². The van der Waals surface area contributed by atoms with Gasteiger partial charge in [-0.1, -0.05) is 45.7 Å². The summed E-state index contributed by atoms with van der Waals surface area (Å²) in [5.41, 5.74) is 0.920. The number of aromatic nitrogens is 1. The molecular formula is C15H15BrClNO2. The lowest BCUT2D eigenvalue weighted by molar-refractivity contribution is 0.115. The molecule has 20 heavy (non-hydrogen) atoms. The van der Waals surface area contributed by atoms with Crippen LogP contribution in [0.3, 0.4) is 0 Å². The summed E-state index contributed by atoms with van der Waals surface area (Å²) in [4.78, 5) is 3.95. The summed E-state index contributed by atoms with van der Waals surface area (Å²) in [5.74, 6) is 0. The van der Waals surface area contributed by atoms with Crippen LogP contribution in [0, 0.1) is 0 Å². The van der Waals surface area contributed by atoms with Crippen molar-refractivity contribution >= 4 is 27.5 Å². The number of benzene rings is 1. The second-order valence-electron chi connectivity index (χ2n) is 4.72. The van der Waals surface area contributed by atoms with Crippen molar-refractivity contribution in [3.05, 3.63) is 63.3 Å². The molecule has 1 aromatic carbocycles. The lowest BCUT2D eigenvalue weighted by atomic mass is 9.77. The van der Waals surface area contributed by atoms with E-state index in [-0.39, 0.29) is 13.2 Å². The largest absolute Gasteiger partial charge is 0.395 e. The van der Waals surface area contributed by atoms with E-state index in [9.17, 15) is 10.2 Å². The van der Waals surface area contributed by atoms with Crippen LogP contribution in [0.15, 0.2) is 47.2 Å². The van der Waals surface area contributed by atoms with Gasteiger partial charge in [0, 0.05) is 22.3 Å². The van der Waals surface area contributed by atoms with Crippen molar-refractivity contribution in [2.75, 3.05) is 13.2 Å². The van der Waals surface area contributed by atoms with E-state index < -0.39 is 5.41 Å². The molecule has 3 nitrogen and oxygen atoms in total. The molecule has 2 rings (SSSR count). The first-order chi connectivity index (χ1) is 9.63. The Morgan fingerprint density at radius 1 is 1.15 bits per heavy atom. The van der Waals surface area contributed by atoms with Crippen molar-refractivity contribution in [1.82, 2.24) is 4.98 Å². The number of nitrogens with zero attached hydrogens (tertiary/aromatic N) is 1. The molecule has 0 amide bonds. The number of aliphatic hydroxyl groups is 2. The highest BCUT2D eigenvalue weighted by Gasteiger charge is 2.33. The second kappa shape index (κ2) is 6.68. The van der Waals surface area contributed by atoms with Crippen LogP contribution in [-0.2, 0) is 11.8 Å². The van der Waals surface area contributed by atoms with Crippen molar-refractivity contribution < 1.29 is 10.2 Å². The molecule has 0 fully saturated rings. The van der Waals surface area contributed by atoms with Crippen LogP contribution in [0.4, 0.5) is 0 Å². The third kappa shape index (κ3) is 3.04. The van der Waals surface area contributed by atoms with E-state index in [1.165, 1.54) is 0 Å². The van der Waals surface area contributed by atoms with E-state index >= 15 is 0 Å².